The molecule has 0 bridgehead atoms. The van der Waals surface area contributed by atoms with E-state index in [0.717, 1.165) is 11.4 Å². The molecule has 2 aromatic rings. The van der Waals surface area contributed by atoms with E-state index in [1.54, 1.807) is 38.3 Å². The number of para-hydroxylation sites is 1. The van der Waals surface area contributed by atoms with Gasteiger partial charge in [-0.1, -0.05) is 18.2 Å². The quantitative estimate of drug-likeness (QED) is 0.810. The van der Waals surface area contributed by atoms with Gasteiger partial charge in [-0.05, 0) is 43.3 Å². The molecule has 0 radical (unpaired) electrons. The number of hydrogen-bond acceptors (Lipinski definition) is 5. The van der Waals surface area contributed by atoms with Crippen LogP contribution >= 0.6 is 0 Å². The number of benzene rings is 2. The Labute approximate surface area is 134 Å². The van der Waals surface area contributed by atoms with Crippen molar-refractivity contribution >= 4 is 23.0 Å². The molecule has 0 unspecified atom stereocenters. The molecule has 0 aromatic heterocycles. The van der Waals surface area contributed by atoms with E-state index in [1.807, 2.05) is 30.3 Å². The van der Waals surface area contributed by atoms with Gasteiger partial charge >= 0.3 is 0 Å². The first-order chi connectivity index (χ1) is 11.2. The Hall–Kier alpha value is -3.02. The summed E-state index contributed by atoms with van der Waals surface area (Å²) in [6.45, 7) is 1.78. The summed E-state index contributed by atoms with van der Waals surface area (Å²) in [5.74, 6) is 0.542. The van der Waals surface area contributed by atoms with Gasteiger partial charge in [0.1, 0.15) is 5.75 Å². The van der Waals surface area contributed by atoms with Crippen molar-refractivity contribution in [3.05, 3.63) is 54.6 Å². The Morgan fingerprint density at radius 3 is 2.43 bits per heavy atom. The largest absolute Gasteiger partial charge is 0.497 e. The summed E-state index contributed by atoms with van der Waals surface area (Å²) in [7, 11) is 1.60. The van der Waals surface area contributed by atoms with E-state index in [2.05, 4.69) is 15.3 Å². The number of carbonyl (C=O) groups excluding carboxylic acids is 1. The SMILES string of the molecule is COc1ccc(N=N[C@H]2C(=O)N(c3ccccc3)N=C2C)cc1. The Bertz CT molecular complexity index is 754. The van der Waals surface area contributed by atoms with E-state index in [4.69, 9.17) is 4.74 Å². The molecule has 0 spiro atoms. The maximum atomic E-state index is 12.5. The zero-order valence-electron chi connectivity index (χ0n) is 12.9. The summed E-state index contributed by atoms with van der Waals surface area (Å²) in [6, 6.07) is 15.7. The number of rotatable bonds is 4. The van der Waals surface area contributed by atoms with Gasteiger partial charge in [0.2, 0.25) is 0 Å². The van der Waals surface area contributed by atoms with Crippen LogP contribution in [0.1, 0.15) is 6.92 Å². The van der Waals surface area contributed by atoms with Gasteiger partial charge in [-0.15, -0.1) is 0 Å². The highest BCUT2D eigenvalue weighted by Gasteiger charge is 2.34. The number of nitrogens with zero attached hydrogens (tertiary/aromatic N) is 4. The van der Waals surface area contributed by atoms with E-state index in [1.165, 1.54) is 5.01 Å². The smallest absolute Gasteiger partial charge is 0.280 e. The third-order valence-corrected chi connectivity index (χ3v) is 3.46. The number of hydrogen-bond donors (Lipinski definition) is 0. The number of ether oxygens (including phenoxy) is 1. The molecule has 3 rings (SSSR count). The number of hydrazone groups is 1. The summed E-state index contributed by atoms with van der Waals surface area (Å²) >= 11 is 0. The maximum Gasteiger partial charge on any atom is 0.280 e. The van der Waals surface area contributed by atoms with Gasteiger partial charge in [0.15, 0.2) is 6.04 Å². The van der Waals surface area contributed by atoms with Crippen LogP contribution in [0.25, 0.3) is 0 Å². The van der Waals surface area contributed by atoms with Gasteiger partial charge in [-0.25, -0.2) is 0 Å². The summed E-state index contributed by atoms with van der Waals surface area (Å²) in [6.07, 6.45) is 0. The second-order valence-electron chi connectivity index (χ2n) is 5.04. The molecule has 1 aliphatic rings. The average Bonchev–Trinajstić information content (AvgIpc) is 2.88. The first-order valence-electron chi connectivity index (χ1n) is 7.18. The van der Waals surface area contributed by atoms with Crippen LogP contribution in [0.5, 0.6) is 5.75 Å². The van der Waals surface area contributed by atoms with Crippen molar-refractivity contribution in [3.63, 3.8) is 0 Å². The molecule has 0 saturated carbocycles. The highest BCUT2D eigenvalue weighted by molar-refractivity contribution is 6.18. The highest BCUT2D eigenvalue weighted by Crippen LogP contribution is 2.23. The molecule has 6 nitrogen and oxygen atoms in total. The molecule has 1 aliphatic heterocycles. The lowest BCUT2D eigenvalue weighted by atomic mass is 10.2. The predicted octanol–water partition coefficient (Wildman–Crippen LogP) is 3.57. The number of amides is 1. The summed E-state index contributed by atoms with van der Waals surface area (Å²) in [4.78, 5) is 12.5. The lowest BCUT2D eigenvalue weighted by molar-refractivity contribution is -0.117. The van der Waals surface area contributed by atoms with Crippen LogP contribution in [0.15, 0.2) is 69.9 Å². The minimum Gasteiger partial charge on any atom is -0.497 e. The summed E-state index contributed by atoms with van der Waals surface area (Å²) in [5, 5.41) is 13.9. The zero-order chi connectivity index (χ0) is 16.2. The first-order valence-corrected chi connectivity index (χ1v) is 7.18. The predicted molar refractivity (Wildman–Crippen MR) is 88.3 cm³/mol. The lowest BCUT2D eigenvalue weighted by Crippen LogP contribution is -2.29. The fraction of sp³-hybridized carbons (Fsp3) is 0.176. The van der Waals surface area contributed by atoms with Gasteiger partial charge in [-0.2, -0.15) is 20.3 Å². The van der Waals surface area contributed by atoms with E-state index in [-0.39, 0.29) is 5.91 Å². The number of anilines is 1. The highest BCUT2D eigenvalue weighted by atomic mass is 16.5. The van der Waals surface area contributed by atoms with Gasteiger partial charge < -0.3 is 4.74 Å². The molecule has 0 N–H and O–H groups in total. The van der Waals surface area contributed by atoms with Crippen molar-refractivity contribution in [2.75, 3.05) is 12.1 Å². The topological polar surface area (TPSA) is 66.6 Å². The maximum absolute atomic E-state index is 12.5. The Balaban J connectivity index is 1.77. The third kappa shape index (κ3) is 3.11. The molecular formula is C17H16N4O2. The molecular weight excluding hydrogens is 292 g/mol. The van der Waals surface area contributed by atoms with Crippen molar-refractivity contribution in [2.45, 2.75) is 13.0 Å². The Kier molecular flexibility index (Phi) is 4.14. The molecule has 0 saturated heterocycles. The van der Waals surface area contributed by atoms with Gasteiger partial charge in [0.25, 0.3) is 5.91 Å². The minimum atomic E-state index is -0.683. The van der Waals surface area contributed by atoms with Crippen molar-refractivity contribution in [1.29, 1.82) is 0 Å². The van der Waals surface area contributed by atoms with Crippen LogP contribution in [0.3, 0.4) is 0 Å². The normalized spacial score (nSPS) is 17.7. The standard InChI is InChI=1S/C17H16N4O2/c1-12-16(19-18-13-8-10-15(23-2)11-9-13)17(22)21(20-12)14-6-4-3-5-7-14/h3-11,16H,1-2H3/t16-/m1/s1. The fourth-order valence-corrected chi connectivity index (χ4v) is 2.22. The van der Waals surface area contributed by atoms with Crippen molar-refractivity contribution in [1.82, 2.24) is 0 Å². The van der Waals surface area contributed by atoms with E-state index in [0.29, 0.717) is 11.4 Å². The monoisotopic (exact) mass is 308 g/mol. The Morgan fingerprint density at radius 1 is 1.09 bits per heavy atom. The minimum absolute atomic E-state index is 0.203. The van der Waals surface area contributed by atoms with E-state index < -0.39 is 6.04 Å². The average molecular weight is 308 g/mol. The van der Waals surface area contributed by atoms with Crippen LogP contribution < -0.4 is 9.75 Å². The molecule has 0 aliphatic carbocycles. The van der Waals surface area contributed by atoms with Crippen molar-refractivity contribution < 1.29 is 9.53 Å². The molecule has 6 heteroatoms. The molecule has 2 aromatic carbocycles. The Morgan fingerprint density at radius 2 is 1.78 bits per heavy atom. The number of azo groups is 1. The van der Waals surface area contributed by atoms with Gasteiger partial charge in [0.05, 0.1) is 24.2 Å². The molecule has 116 valence electrons. The fourth-order valence-electron chi connectivity index (χ4n) is 2.22. The second kappa shape index (κ2) is 6.39. The van der Waals surface area contributed by atoms with Crippen LogP contribution in [0.4, 0.5) is 11.4 Å². The van der Waals surface area contributed by atoms with Crippen LogP contribution in [0, 0.1) is 0 Å². The van der Waals surface area contributed by atoms with Crippen molar-refractivity contribution in [2.24, 2.45) is 15.3 Å². The summed E-state index contributed by atoms with van der Waals surface area (Å²) in [5.41, 5.74) is 2.00. The molecule has 1 heterocycles. The van der Waals surface area contributed by atoms with Gasteiger partial charge in [0, 0.05) is 0 Å². The molecule has 0 fully saturated rings. The number of methoxy groups -OCH3 is 1. The molecule has 1 amide bonds. The van der Waals surface area contributed by atoms with Crippen LogP contribution in [0.2, 0.25) is 0 Å². The van der Waals surface area contributed by atoms with E-state index >= 15 is 0 Å². The van der Waals surface area contributed by atoms with Crippen LogP contribution in [-0.2, 0) is 4.79 Å². The van der Waals surface area contributed by atoms with E-state index in [9.17, 15) is 4.79 Å². The van der Waals surface area contributed by atoms with Gasteiger partial charge in [-0.3, -0.25) is 4.79 Å². The van der Waals surface area contributed by atoms with Crippen molar-refractivity contribution in [3.8, 4) is 5.75 Å². The second-order valence-corrected chi connectivity index (χ2v) is 5.04. The lowest BCUT2D eigenvalue weighted by Gasteiger charge is -2.11. The molecule has 1 atom stereocenters. The first kappa shape index (κ1) is 14.9. The van der Waals surface area contributed by atoms with Crippen LogP contribution in [-0.4, -0.2) is 24.8 Å². The summed E-state index contributed by atoms with van der Waals surface area (Å²) < 4.78 is 5.09. The third-order valence-electron chi connectivity index (χ3n) is 3.46. The zero-order valence-corrected chi connectivity index (χ0v) is 12.9. The molecule has 23 heavy (non-hydrogen) atoms. The number of carbonyl (C=O) groups is 1.